The van der Waals surface area contributed by atoms with E-state index in [9.17, 15) is 47.9 Å². The third-order valence-electron chi connectivity index (χ3n) is 24.3. The van der Waals surface area contributed by atoms with E-state index >= 15 is 0 Å². The van der Waals surface area contributed by atoms with Gasteiger partial charge in [0.25, 0.3) is 26.2 Å². The number of amides is 10. The van der Waals surface area contributed by atoms with Crippen molar-refractivity contribution in [2.45, 2.75) is 160 Å². The molecule has 7 aromatic carbocycles. The second-order valence-electron chi connectivity index (χ2n) is 35.2. The van der Waals surface area contributed by atoms with Crippen LogP contribution >= 0.6 is 81.5 Å². The quantitative estimate of drug-likeness (QED) is 0.0246. The van der Waals surface area contributed by atoms with Gasteiger partial charge in [-0.1, -0.05) is 165 Å². The molecule has 147 heavy (non-hydrogen) atoms. The minimum atomic E-state index is -0.384. The molecule has 0 spiro atoms. The molecule has 0 aliphatic carbocycles. The molecule has 5 atom stereocenters. The predicted molar refractivity (Wildman–Crippen MR) is 586 cm³/mol. The Morgan fingerprint density at radius 2 is 0.789 bits per heavy atom. The fraction of sp³-hybridized carbons (Fsp3) is 0.306. The van der Waals surface area contributed by atoms with Gasteiger partial charge in [0, 0.05) is 88.9 Å². The van der Waals surface area contributed by atoms with Crippen LogP contribution in [-0.4, -0.2) is 167 Å². The zero-order valence-electron chi connectivity index (χ0n) is 83.8. The Hall–Kier alpha value is -13.6. The van der Waals surface area contributed by atoms with Crippen molar-refractivity contribution in [3.8, 4) is 51.7 Å². The number of likely N-dealkylation sites (N-methyl/N-ethyl adjacent to an activating group) is 2. The molecule has 36 heteroatoms. The fourth-order valence-corrected chi connectivity index (χ4v) is 22.0. The molecule has 5 N–H and O–H groups in total. The smallest absolute Gasteiger partial charge is 0.286 e. The highest BCUT2D eigenvalue weighted by Crippen LogP contribution is 2.40. The third-order valence-corrected chi connectivity index (χ3v) is 31.2. The molecule has 5 fully saturated rings. The maximum absolute atomic E-state index is 12.0. The second kappa shape index (κ2) is 52.6. The minimum Gasteiger partial charge on any atom is -0.493 e. The molecular weight excluding hydrogens is 2000 g/mol. The van der Waals surface area contributed by atoms with Crippen LogP contribution in [0.15, 0.2) is 226 Å². The Kier molecular flexibility index (Phi) is 39.1. The molecule has 10 amide bonds. The van der Waals surface area contributed by atoms with E-state index in [0.29, 0.717) is 95.7 Å². The first-order valence-electron chi connectivity index (χ1n) is 48.2. The lowest BCUT2D eigenvalue weighted by Crippen LogP contribution is -2.25. The number of hydrogen-bond donors (Lipinski definition) is 5. The van der Waals surface area contributed by atoms with Crippen LogP contribution in [0.25, 0.3) is 43.1 Å². The maximum atomic E-state index is 12.0. The van der Waals surface area contributed by atoms with Gasteiger partial charge in [-0.2, -0.15) is 0 Å². The molecular formula is C111H116N12O17S7. The predicted octanol–water partition coefficient (Wildman–Crippen LogP) is 22.0. The molecule has 0 bridgehead atoms. The zero-order chi connectivity index (χ0) is 104. The van der Waals surface area contributed by atoms with E-state index < -0.39 is 0 Å². The number of thiophene rings is 2. The van der Waals surface area contributed by atoms with Crippen molar-refractivity contribution in [2.75, 3.05) is 70.0 Å². The van der Waals surface area contributed by atoms with E-state index in [-0.39, 0.29) is 82.0 Å². The number of benzene rings is 7. The van der Waals surface area contributed by atoms with Crippen LogP contribution in [0, 0.1) is 48.5 Å². The van der Waals surface area contributed by atoms with E-state index in [1.165, 1.54) is 27.8 Å². The normalized spacial score (nSPS) is 16.1. The van der Waals surface area contributed by atoms with E-state index in [1.54, 1.807) is 28.9 Å². The van der Waals surface area contributed by atoms with E-state index in [0.717, 1.165) is 212 Å². The van der Waals surface area contributed by atoms with Crippen molar-refractivity contribution in [1.82, 2.24) is 51.5 Å². The number of rotatable bonds is 35. The standard InChI is InChI=1S/C27H26N2O4S2.C24H20N2O4S2.C20H22N2O3S.2C19H21N3O3S.C2H6/c1-14-11-19(12-15(2)16(14)3)26-28-21(17(4)33-26)7-9-32-22-6-5-18(24-20(22)8-10-34-24)13-23-25(30)29-27(31)35-23;1-14-18(25-23(30-14)15-5-3-2-4-6-15)9-11-29-19-8-7-16(21-17(19)10-12-31-21)13-20-22(27)26-24(28)32-20;1-13(2)15-5-6-16(21-12-15)9-10-25-17-7-3-14(4-8-17)11-18-19(23)22-20(24)26-18;1-13-3-8-17(20-12-13)22(2)9-10-25-15-6-4-14(5-7-15)11-16-18(23)21-19(24)26-16;1-13-7-8-20-17(11-13)22(2)9-10-25-15-5-3-14(4-6-15)12-16-18(23)21-19(24)26-16;1-2/h5-6,8,10-12,23H,7,9,13H2,1-4H3,(H,29,30,31);2-8,10,12,20H,9,11,13H2,1H3,(H,26,27,28);3-8,12-13,18H,9-11H2,1-2H3,(H,22,23,24);3-8,12,16H,9-11H2,1-2H3,(H,21,23,24);3-8,11,16H,9-10,12H2,1-2H3,(H,21,23,24);1-2H3. The lowest BCUT2D eigenvalue weighted by molar-refractivity contribution is -0.119. The number of oxazole rings is 2. The Bertz CT molecular complexity index is 6960. The Labute approximate surface area is 883 Å². The Morgan fingerprint density at radius 1 is 0.381 bits per heavy atom. The summed E-state index contributed by atoms with van der Waals surface area (Å²) in [5.41, 5.74) is 17.1. The number of carbonyl (C=O) groups is 10. The van der Waals surface area contributed by atoms with Crippen LogP contribution in [0.2, 0.25) is 0 Å². The molecule has 5 aliphatic heterocycles. The van der Waals surface area contributed by atoms with Crippen molar-refractivity contribution in [3.05, 3.63) is 307 Å². The van der Waals surface area contributed by atoms with Crippen molar-refractivity contribution in [1.29, 1.82) is 0 Å². The summed E-state index contributed by atoms with van der Waals surface area (Å²) in [4.78, 5) is 142. The molecule has 14 aromatic rings. The largest absolute Gasteiger partial charge is 0.493 e. The van der Waals surface area contributed by atoms with E-state index in [2.05, 4.69) is 99.3 Å². The van der Waals surface area contributed by atoms with Crippen molar-refractivity contribution in [3.63, 3.8) is 0 Å². The monoisotopic (exact) mass is 2110 g/mol. The first-order chi connectivity index (χ1) is 70.9. The van der Waals surface area contributed by atoms with E-state index in [1.807, 2.05) is 258 Å². The number of ether oxygens (including phenoxy) is 5. The van der Waals surface area contributed by atoms with Gasteiger partial charge in [-0.15, -0.1) is 22.7 Å². The van der Waals surface area contributed by atoms with Crippen molar-refractivity contribution in [2.24, 2.45) is 0 Å². The average Bonchev–Trinajstić information content (AvgIpc) is 1.66. The van der Waals surface area contributed by atoms with Gasteiger partial charge in [0.1, 0.15) is 65.1 Å². The molecule has 0 radical (unpaired) electrons. The zero-order valence-corrected chi connectivity index (χ0v) is 89.5. The van der Waals surface area contributed by atoms with Gasteiger partial charge in [-0.25, -0.2) is 19.9 Å². The van der Waals surface area contributed by atoms with Gasteiger partial charge in [0.2, 0.25) is 41.3 Å². The first-order valence-corrected chi connectivity index (χ1v) is 54.3. The van der Waals surface area contributed by atoms with Crippen molar-refractivity contribution < 1.29 is 80.5 Å². The van der Waals surface area contributed by atoms with Gasteiger partial charge in [0.05, 0.1) is 70.5 Å². The van der Waals surface area contributed by atoms with Crippen LogP contribution in [-0.2, 0) is 75.3 Å². The Morgan fingerprint density at radius 3 is 1.18 bits per heavy atom. The average molecular weight is 2110 g/mol. The molecule has 29 nitrogen and oxygen atoms in total. The van der Waals surface area contributed by atoms with Gasteiger partial charge in [-0.3, -0.25) is 79.5 Å². The maximum Gasteiger partial charge on any atom is 0.286 e. The summed E-state index contributed by atoms with van der Waals surface area (Å²) >= 11 is 8.48. The summed E-state index contributed by atoms with van der Waals surface area (Å²) in [5.74, 6) is 8.04. The molecule has 5 unspecified atom stereocenters. The topological polar surface area (TPSA) is 374 Å². The number of anilines is 2. The fourth-order valence-electron chi connectivity index (χ4n) is 15.9. The minimum absolute atomic E-state index is 0.212. The van der Waals surface area contributed by atoms with Gasteiger partial charge < -0.3 is 42.3 Å². The van der Waals surface area contributed by atoms with Crippen LogP contribution in [0.1, 0.15) is 123 Å². The highest BCUT2D eigenvalue weighted by atomic mass is 32.2. The summed E-state index contributed by atoms with van der Waals surface area (Å²) in [6.07, 6.45) is 10.2. The first kappa shape index (κ1) is 109. The summed E-state index contributed by atoms with van der Waals surface area (Å²) in [6, 6.07) is 61.1. The number of pyridine rings is 3. The second-order valence-corrected chi connectivity index (χ2v) is 43.0. The Balaban J connectivity index is 0.000000145. The number of imide groups is 5. The summed E-state index contributed by atoms with van der Waals surface area (Å²) in [6.45, 7) is 26.6. The number of nitrogens with zero attached hydrogens (tertiary/aromatic N) is 7. The number of thioether (sulfide) groups is 5. The van der Waals surface area contributed by atoms with Crippen LogP contribution in [0.3, 0.4) is 0 Å². The molecule has 5 saturated heterocycles. The SMILES string of the molecule is CC.CC(C)c1ccc(CCOc2ccc(CC3SC(=O)NC3=O)cc2)nc1.Cc1cc(-c2nc(CCOc3ccc(CC4SC(=O)NC4=O)c4sccc34)c(C)o2)cc(C)c1C.Cc1ccc(N(C)CCOc2ccc(CC3SC(=O)NC3=O)cc2)nc1.Cc1ccnc(N(C)CCOc2ccc(CC3SC(=O)NC3=O)cc2)c1.Cc1oc(-c2ccccc2)nc1CCOc1ccc(CC2SC(=O)NC2=O)c2sccc12. The summed E-state index contributed by atoms with van der Waals surface area (Å²) in [7, 11) is 3.97. The van der Waals surface area contributed by atoms with Crippen LogP contribution < -0.4 is 60.1 Å². The van der Waals surface area contributed by atoms with E-state index in [4.69, 9.17) is 37.5 Å². The molecule has 19 rings (SSSR count). The van der Waals surface area contributed by atoms with Gasteiger partial charge >= 0.3 is 0 Å². The number of fused-ring (bicyclic) bond motifs is 2. The molecule has 764 valence electrons. The third kappa shape index (κ3) is 30.8. The van der Waals surface area contributed by atoms with Crippen LogP contribution in [0.5, 0.6) is 28.7 Å². The summed E-state index contributed by atoms with van der Waals surface area (Å²) in [5, 5.41) is 14.5. The molecule has 0 saturated carbocycles. The van der Waals surface area contributed by atoms with Crippen LogP contribution in [0.4, 0.5) is 35.6 Å². The number of carbonyl (C=O) groups excluding carboxylic acids is 10. The number of aryl methyl sites for hydroxylation is 6. The number of aromatic nitrogens is 5. The van der Waals surface area contributed by atoms with Gasteiger partial charge in [0.15, 0.2) is 0 Å². The molecule has 5 aliphatic rings. The van der Waals surface area contributed by atoms with Gasteiger partial charge in [-0.05, 0) is 268 Å². The number of hydrogen-bond acceptors (Lipinski definition) is 31. The highest BCUT2D eigenvalue weighted by molar-refractivity contribution is 8.16. The lowest BCUT2D eigenvalue weighted by Gasteiger charge is -2.18. The van der Waals surface area contributed by atoms with Crippen molar-refractivity contribution >= 4 is 169 Å². The highest BCUT2D eigenvalue weighted by Gasteiger charge is 2.37. The summed E-state index contributed by atoms with van der Waals surface area (Å²) < 4.78 is 43.6. The lowest BCUT2D eigenvalue weighted by atomic mass is 10.0. The molecule has 12 heterocycles. The number of nitrogens with one attached hydrogen (secondary N) is 5. The molecule has 7 aromatic heterocycles.